The van der Waals surface area contributed by atoms with Gasteiger partial charge in [0.05, 0.1) is 0 Å². The first-order chi connectivity index (χ1) is 6.00. The zero-order valence-corrected chi connectivity index (χ0v) is 8.68. The summed E-state index contributed by atoms with van der Waals surface area (Å²) in [4.78, 5) is 0. The van der Waals surface area contributed by atoms with Crippen LogP contribution < -0.4 is 0 Å². The first kappa shape index (κ1) is 9.85. The molecule has 1 aromatic carbocycles. The number of aryl methyl sites for hydroxylation is 2. The van der Waals surface area contributed by atoms with Crippen molar-refractivity contribution in [2.24, 2.45) is 0 Å². The van der Waals surface area contributed by atoms with Crippen LogP contribution in [0, 0.1) is 13.8 Å². The molecule has 1 aromatic rings. The molecule has 0 aromatic heterocycles. The number of hydrogen-bond acceptors (Lipinski definition) is 1. The minimum Gasteiger partial charge on any atom is -0.507 e. The summed E-state index contributed by atoms with van der Waals surface area (Å²) in [5.41, 5.74) is 4.23. The number of rotatable bonds is 1. The predicted octanol–water partition coefficient (Wildman–Crippen LogP) is 3.43. The highest BCUT2D eigenvalue weighted by molar-refractivity contribution is 5.61. The number of benzene rings is 1. The zero-order valence-electron chi connectivity index (χ0n) is 8.68. The molecular weight excluding hydrogens is 160 g/mol. The van der Waals surface area contributed by atoms with Gasteiger partial charge < -0.3 is 5.11 Å². The lowest BCUT2D eigenvalue weighted by atomic mass is 10.0. The molecular formula is C12H16O. The highest BCUT2D eigenvalue weighted by atomic mass is 16.3. The summed E-state index contributed by atoms with van der Waals surface area (Å²) in [6.45, 7) is 8.01. The molecule has 0 radical (unpaired) electrons. The number of phenolic OH excluding ortho intramolecular Hbond substituents is 1. The standard InChI is InChI=1S/C12H16O/c1-8(2)5-11-7-9(3)6-10(4)12(11)13/h5-7,13H,1-4H3. The van der Waals surface area contributed by atoms with Crippen molar-refractivity contribution in [3.8, 4) is 5.75 Å². The SMILES string of the molecule is CC(C)=Cc1cc(C)cc(C)c1O. The van der Waals surface area contributed by atoms with Crippen molar-refractivity contribution < 1.29 is 5.11 Å². The Morgan fingerprint density at radius 3 is 2.38 bits per heavy atom. The van der Waals surface area contributed by atoms with Crippen LogP contribution >= 0.6 is 0 Å². The van der Waals surface area contributed by atoms with Gasteiger partial charge in [-0.2, -0.15) is 0 Å². The van der Waals surface area contributed by atoms with Gasteiger partial charge in [-0.25, -0.2) is 0 Å². The van der Waals surface area contributed by atoms with Crippen molar-refractivity contribution in [1.82, 2.24) is 0 Å². The highest BCUT2D eigenvalue weighted by Crippen LogP contribution is 2.25. The lowest BCUT2D eigenvalue weighted by Gasteiger charge is -2.05. The molecule has 0 atom stereocenters. The quantitative estimate of drug-likeness (QED) is 0.695. The van der Waals surface area contributed by atoms with Gasteiger partial charge in [0.25, 0.3) is 0 Å². The second-order valence-electron chi connectivity index (χ2n) is 3.74. The molecule has 0 aliphatic rings. The number of allylic oxidation sites excluding steroid dienone is 1. The molecule has 1 nitrogen and oxygen atoms in total. The molecule has 0 spiro atoms. The normalized spacial score (nSPS) is 9.85. The predicted molar refractivity (Wildman–Crippen MR) is 56.9 cm³/mol. The molecule has 13 heavy (non-hydrogen) atoms. The van der Waals surface area contributed by atoms with Gasteiger partial charge in [0.1, 0.15) is 5.75 Å². The van der Waals surface area contributed by atoms with Gasteiger partial charge >= 0.3 is 0 Å². The summed E-state index contributed by atoms with van der Waals surface area (Å²) in [6.07, 6.45) is 2.00. The van der Waals surface area contributed by atoms with Crippen molar-refractivity contribution in [3.05, 3.63) is 34.4 Å². The number of phenols is 1. The summed E-state index contributed by atoms with van der Waals surface area (Å²) >= 11 is 0. The molecule has 0 saturated heterocycles. The number of aromatic hydroxyl groups is 1. The summed E-state index contributed by atoms with van der Waals surface area (Å²) in [5, 5.41) is 9.73. The smallest absolute Gasteiger partial charge is 0.125 e. The summed E-state index contributed by atoms with van der Waals surface area (Å²) < 4.78 is 0. The van der Waals surface area contributed by atoms with Gasteiger partial charge in [-0.15, -0.1) is 0 Å². The van der Waals surface area contributed by atoms with Crippen molar-refractivity contribution in [1.29, 1.82) is 0 Å². The van der Waals surface area contributed by atoms with Gasteiger partial charge in [0.2, 0.25) is 0 Å². The summed E-state index contributed by atoms with van der Waals surface area (Å²) in [6, 6.07) is 3.98. The van der Waals surface area contributed by atoms with E-state index in [1.54, 1.807) is 0 Å². The maximum Gasteiger partial charge on any atom is 0.125 e. The third-order valence-electron chi connectivity index (χ3n) is 1.92. The van der Waals surface area contributed by atoms with Crippen molar-refractivity contribution in [2.75, 3.05) is 0 Å². The van der Waals surface area contributed by atoms with Crippen molar-refractivity contribution in [2.45, 2.75) is 27.7 Å². The molecule has 0 unspecified atom stereocenters. The Hall–Kier alpha value is -1.24. The molecule has 1 N–H and O–H groups in total. The van der Waals surface area contributed by atoms with Gasteiger partial charge in [-0.1, -0.05) is 23.3 Å². The van der Waals surface area contributed by atoms with E-state index < -0.39 is 0 Å². The minimum atomic E-state index is 0.395. The Morgan fingerprint density at radius 1 is 1.23 bits per heavy atom. The topological polar surface area (TPSA) is 20.2 Å². The molecule has 1 heteroatoms. The molecule has 0 amide bonds. The van der Waals surface area contributed by atoms with E-state index in [0.717, 1.165) is 11.1 Å². The van der Waals surface area contributed by atoms with E-state index in [2.05, 4.69) is 0 Å². The average molecular weight is 176 g/mol. The Labute approximate surface area is 79.7 Å². The van der Waals surface area contributed by atoms with Crippen LogP contribution in [0.4, 0.5) is 0 Å². The maximum atomic E-state index is 9.73. The Morgan fingerprint density at radius 2 is 1.85 bits per heavy atom. The third kappa shape index (κ3) is 2.35. The maximum absolute atomic E-state index is 9.73. The second-order valence-corrected chi connectivity index (χ2v) is 3.74. The zero-order chi connectivity index (χ0) is 10.0. The molecule has 0 bridgehead atoms. The second kappa shape index (κ2) is 3.65. The lowest BCUT2D eigenvalue weighted by Crippen LogP contribution is -1.83. The highest BCUT2D eigenvalue weighted by Gasteiger charge is 2.02. The van der Waals surface area contributed by atoms with E-state index in [1.165, 1.54) is 11.1 Å². The minimum absolute atomic E-state index is 0.395. The van der Waals surface area contributed by atoms with Crippen molar-refractivity contribution in [3.63, 3.8) is 0 Å². The van der Waals surface area contributed by atoms with E-state index in [4.69, 9.17) is 0 Å². The van der Waals surface area contributed by atoms with Gasteiger partial charge in [0.15, 0.2) is 0 Å². The Kier molecular flexibility index (Phi) is 2.76. The fourth-order valence-corrected chi connectivity index (χ4v) is 1.41. The van der Waals surface area contributed by atoms with E-state index in [-0.39, 0.29) is 0 Å². The Bertz CT molecular complexity index is 344. The molecule has 0 fully saturated rings. The third-order valence-corrected chi connectivity index (χ3v) is 1.92. The molecule has 0 saturated carbocycles. The van der Waals surface area contributed by atoms with E-state index in [9.17, 15) is 5.11 Å². The van der Waals surface area contributed by atoms with Crippen molar-refractivity contribution >= 4 is 6.08 Å². The molecule has 0 heterocycles. The van der Waals surface area contributed by atoms with Crippen LogP contribution in [-0.4, -0.2) is 5.11 Å². The molecule has 0 aliphatic carbocycles. The average Bonchev–Trinajstić information content (AvgIpc) is 1.98. The lowest BCUT2D eigenvalue weighted by molar-refractivity contribution is 0.469. The van der Waals surface area contributed by atoms with Crippen LogP contribution in [0.15, 0.2) is 17.7 Å². The fourth-order valence-electron chi connectivity index (χ4n) is 1.41. The van der Waals surface area contributed by atoms with E-state index >= 15 is 0 Å². The van der Waals surface area contributed by atoms with Gasteiger partial charge in [-0.05, 0) is 39.3 Å². The van der Waals surface area contributed by atoms with E-state index in [0.29, 0.717) is 5.75 Å². The van der Waals surface area contributed by atoms with Gasteiger partial charge in [0, 0.05) is 5.56 Å². The van der Waals surface area contributed by atoms with Crippen LogP contribution in [0.1, 0.15) is 30.5 Å². The first-order valence-corrected chi connectivity index (χ1v) is 4.46. The van der Waals surface area contributed by atoms with E-state index in [1.807, 2.05) is 45.9 Å². The van der Waals surface area contributed by atoms with Crippen LogP contribution in [0.25, 0.3) is 6.08 Å². The van der Waals surface area contributed by atoms with Crippen LogP contribution in [0.2, 0.25) is 0 Å². The Balaban J connectivity index is 3.28. The first-order valence-electron chi connectivity index (χ1n) is 4.46. The van der Waals surface area contributed by atoms with Crippen LogP contribution in [0.3, 0.4) is 0 Å². The largest absolute Gasteiger partial charge is 0.507 e. The summed E-state index contributed by atoms with van der Waals surface area (Å²) in [5.74, 6) is 0.395. The molecule has 70 valence electrons. The monoisotopic (exact) mass is 176 g/mol. The fraction of sp³-hybridized carbons (Fsp3) is 0.333. The molecule has 0 aliphatic heterocycles. The number of hydrogen-bond donors (Lipinski definition) is 1. The van der Waals surface area contributed by atoms with Crippen LogP contribution in [-0.2, 0) is 0 Å². The summed E-state index contributed by atoms with van der Waals surface area (Å²) in [7, 11) is 0. The molecule has 1 rings (SSSR count). The van der Waals surface area contributed by atoms with Gasteiger partial charge in [-0.3, -0.25) is 0 Å². The van der Waals surface area contributed by atoms with Crippen LogP contribution in [0.5, 0.6) is 5.75 Å².